The fraction of sp³-hybridized carbons (Fsp3) is 0.364. The summed E-state index contributed by atoms with van der Waals surface area (Å²) in [6, 6.07) is 7.82. The van der Waals surface area contributed by atoms with Crippen LogP contribution in [0.1, 0.15) is 13.8 Å². The van der Waals surface area contributed by atoms with Crippen LogP contribution in [0.25, 0.3) is 0 Å². The minimum absolute atomic E-state index is 0.103. The summed E-state index contributed by atoms with van der Waals surface area (Å²) >= 11 is 0. The number of hydrogen-bond donors (Lipinski definition) is 0. The van der Waals surface area contributed by atoms with Crippen LogP contribution in [0.5, 0.6) is 0 Å². The monoisotopic (exact) mass is 398 g/mol. The summed E-state index contributed by atoms with van der Waals surface area (Å²) in [6.45, 7) is 5.76. The van der Waals surface area contributed by atoms with E-state index in [2.05, 4.69) is 18.7 Å². The van der Waals surface area contributed by atoms with Gasteiger partial charge in [0.15, 0.2) is 0 Å². The quantitative estimate of drug-likeness (QED) is 0.723. The van der Waals surface area contributed by atoms with Crippen molar-refractivity contribution in [2.75, 3.05) is 37.1 Å². The van der Waals surface area contributed by atoms with Gasteiger partial charge in [0, 0.05) is 30.7 Å². The molecule has 2 aliphatic heterocycles. The third-order valence-electron chi connectivity index (χ3n) is 4.80. The minimum atomic E-state index is -0.624. The zero-order valence-corrected chi connectivity index (χ0v) is 17.1. The molecule has 0 spiro atoms. The number of carbonyl (C=O) groups excluding carboxylic acids is 2. The summed E-state index contributed by atoms with van der Waals surface area (Å²) in [7, 11) is 2.56. The van der Waals surface area contributed by atoms with Gasteiger partial charge in [0.2, 0.25) is 0 Å². The molecular formula is C22H26N2O5. The van der Waals surface area contributed by atoms with E-state index in [9.17, 15) is 9.59 Å². The Morgan fingerprint density at radius 3 is 2.10 bits per heavy atom. The third kappa shape index (κ3) is 4.51. The molecule has 0 aromatic heterocycles. The average molecular weight is 398 g/mol. The highest BCUT2D eigenvalue weighted by Crippen LogP contribution is 2.29. The van der Waals surface area contributed by atoms with Crippen LogP contribution in [0, 0.1) is 0 Å². The van der Waals surface area contributed by atoms with Crippen molar-refractivity contribution in [3.63, 3.8) is 0 Å². The molecule has 0 saturated carbocycles. The van der Waals surface area contributed by atoms with Gasteiger partial charge < -0.3 is 24.0 Å². The average Bonchev–Trinajstić information content (AvgIpc) is 2.95. The SMILES string of the molecule is COC(=O)C1=C(C(=O)OC)N(c2ccc(N3CC(C)OC(C)C3)cc2)C=CC=C1. The second kappa shape index (κ2) is 8.96. The van der Waals surface area contributed by atoms with Crippen molar-refractivity contribution in [1.82, 2.24) is 0 Å². The van der Waals surface area contributed by atoms with Gasteiger partial charge in [0.05, 0.1) is 32.0 Å². The molecule has 2 atom stereocenters. The van der Waals surface area contributed by atoms with Gasteiger partial charge in [-0.1, -0.05) is 6.08 Å². The van der Waals surface area contributed by atoms with E-state index in [-0.39, 0.29) is 23.5 Å². The van der Waals surface area contributed by atoms with E-state index in [1.807, 2.05) is 24.3 Å². The first-order chi connectivity index (χ1) is 13.9. The Kier molecular flexibility index (Phi) is 6.39. The molecule has 0 bridgehead atoms. The van der Waals surface area contributed by atoms with Crippen molar-refractivity contribution in [3.8, 4) is 0 Å². The fourth-order valence-corrected chi connectivity index (χ4v) is 3.58. The Morgan fingerprint density at radius 1 is 0.931 bits per heavy atom. The Bertz CT molecular complexity index is 846. The van der Waals surface area contributed by atoms with Crippen molar-refractivity contribution in [1.29, 1.82) is 0 Å². The van der Waals surface area contributed by atoms with Gasteiger partial charge in [-0.15, -0.1) is 0 Å². The molecule has 1 aromatic rings. The van der Waals surface area contributed by atoms with Crippen molar-refractivity contribution < 1.29 is 23.8 Å². The summed E-state index contributed by atoms with van der Waals surface area (Å²) < 4.78 is 15.6. The lowest BCUT2D eigenvalue weighted by molar-refractivity contribution is -0.139. The second-order valence-electron chi connectivity index (χ2n) is 6.99. The highest BCUT2D eigenvalue weighted by molar-refractivity contribution is 6.05. The largest absolute Gasteiger partial charge is 0.465 e. The first-order valence-electron chi connectivity index (χ1n) is 9.50. The normalized spacial score (nSPS) is 21.8. The Balaban J connectivity index is 1.95. The first-order valence-corrected chi connectivity index (χ1v) is 9.50. The molecular weight excluding hydrogens is 372 g/mol. The predicted octanol–water partition coefficient (Wildman–Crippen LogP) is 2.79. The van der Waals surface area contributed by atoms with E-state index in [1.54, 1.807) is 29.3 Å². The number of allylic oxidation sites excluding steroid dienone is 2. The number of carbonyl (C=O) groups is 2. The lowest BCUT2D eigenvalue weighted by Gasteiger charge is -2.37. The molecule has 7 nitrogen and oxygen atoms in total. The van der Waals surface area contributed by atoms with Crippen LogP contribution in [-0.2, 0) is 23.8 Å². The molecule has 2 unspecified atom stereocenters. The number of rotatable bonds is 4. The molecule has 3 rings (SSSR count). The van der Waals surface area contributed by atoms with Gasteiger partial charge in [0.25, 0.3) is 0 Å². The number of benzene rings is 1. The number of morpholine rings is 1. The molecule has 29 heavy (non-hydrogen) atoms. The number of nitrogens with zero attached hydrogens (tertiary/aromatic N) is 2. The van der Waals surface area contributed by atoms with Crippen molar-refractivity contribution in [3.05, 3.63) is 60.0 Å². The van der Waals surface area contributed by atoms with Crippen LogP contribution < -0.4 is 9.80 Å². The highest BCUT2D eigenvalue weighted by Gasteiger charge is 2.28. The summed E-state index contributed by atoms with van der Waals surface area (Å²) in [6.07, 6.45) is 7.01. The lowest BCUT2D eigenvalue weighted by Crippen LogP contribution is -2.45. The van der Waals surface area contributed by atoms with Crippen LogP contribution in [-0.4, -0.2) is 51.5 Å². The van der Waals surface area contributed by atoms with E-state index in [1.165, 1.54) is 14.2 Å². The summed E-state index contributed by atoms with van der Waals surface area (Å²) in [5.41, 5.74) is 2.03. The maximum Gasteiger partial charge on any atom is 0.355 e. The van der Waals surface area contributed by atoms with Crippen molar-refractivity contribution in [2.24, 2.45) is 0 Å². The van der Waals surface area contributed by atoms with Gasteiger partial charge in [-0.3, -0.25) is 0 Å². The van der Waals surface area contributed by atoms with Crippen LogP contribution in [0.4, 0.5) is 11.4 Å². The Hall–Kier alpha value is -3.06. The molecule has 154 valence electrons. The van der Waals surface area contributed by atoms with Crippen molar-refractivity contribution >= 4 is 23.3 Å². The van der Waals surface area contributed by atoms with E-state index in [0.717, 1.165) is 24.5 Å². The van der Waals surface area contributed by atoms with E-state index in [0.29, 0.717) is 0 Å². The van der Waals surface area contributed by atoms with Gasteiger partial charge >= 0.3 is 11.9 Å². The number of ether oxygens (including phenoxy) is 3. The van der Waals surface area contributed by atoms with Crippen LogP contribution in [0.2, 0.25) is 0 Å². The molecule has 7 heteroatoms. The Morgan fingerprint density at radius 2 is 1.52 bits per heavy atom. The number of hydrogen-bond acceptors (Lipinski definition) is 7. The van der Waals surface area contributed by atoms with Crippen LogP contribution in [0.15, 0.2) is 60.0 Å². The molecule has 2 aliphatic rings. The van der Waals surface area contributed by atoms with Gasteiger partial charge in [-0.25, -0.2) is 9.59 Å². The number of methoxy groups -OCH3 is 2. The van der Waals surface area contributed by atoms with Crippen LogP contribution in [0.3, 0.4) is 0 Å². The molecule has 0 N–H and O–H groups in total. The fourth-order valence-electron chi connectivity index (χ4n) is 3.58. The topological polar surface area (TPSA) is 68.3 Å². The predicted molar refractivity (Wildman–Crippen MR) is 110 cm³/mol. The molecule has 0 aliphatic carbocycles. The zero-order valence-electron chi connectivity index (χ0n) is 17.1. The van der Waals surface area contributed by atoms with Gasteiger partial charge in [-0.05, 0) is 50.3 Å². The molecule has 0 radical (unpaired) electrons. The summed E-state index contributed by atoms with van der Waals surface area (Å²) in [4.78, 5) is 28.6. The highest BCUT2D eigenvalue weighted by atomic mass is 16.5. The molecule has 0 amide bonds. The number of esters is 2. The third-order valence-corrected chi connectivity index (χ3v) is 4.80. The van der Waals surface area contributed by atoms with Crippen molar-refractivity contribution in [2.45, 2.75) is 26.1 Å². The maximum absolute atomic E-state index is 12.5. The zero-order chi connectivity index (χ0) is 21.0. The van der Waals surface area contributed by atoms with Crippen LogP contribution >= 0.6 is 0 Å². The smallest absolute Gasteiger partial charge is 0.355 e. The van der Waals surface area contributed by atoms with Gasteiger partial charge in [0.1, 0.15) is 5.70 Å². The molecule has 1 saturated heterocycles. The molecule has 2 heterocycles. The molecule has 1 aromatic carbocycles. The Labute approximate surface area is 170 Å². The standard InChI is InChI=1S/C22H26N2O5/c1-15-13-23(14-16(2)29-15)17-8-10-18(11-9-17)24-12-6-5-7-19(21(25)27-3)20(24)22(26)28-4/h5-12,15-16H,13-14H2,1-4H3. The van der Waals surface area contributed by atoms with E-state index >= 15 is 0 Å². The van der Waals surface area contributed by atoms with E-state index in [4.69, 9.17) is 14.2 Å². The minimum Gasteiger partial charge on any atom is -0.465 e. The summed E-state index contributed by atoms with van der Waals surface area (Å²) in [5, 5.41) is 0. The van der Waals surface area contributed by atoms with E-state index < -0.39 is 11.9 Å². The lowest BCUT2D eigenvalue weighted by atomic mass is 10.1. The first kappa shape index (κ1) is 20.7. The molecule has 1 fully saturated rings. The maximum atomic E-state index is 12.5. The number of anilines is 2. The second-order valence-corrected chi connectivity index (χ2v) is 6.99. The summed E-state index contributed by atoms with van der Waals surface area (Å²) in [5.74, 6) is -1.23. The van der Waals surface area contributed by atoms with Gasteiger partial charge in [-0.2, -0.15) is 0 Å².